The molecule has 0 amide bonds. The van der Waals surface area contributed by atoms with Crippen molar-refractivity contribution >= 4 is 0 Å². The molecule has 3 nitrogen and oxygen atoms in total. The molecule has 0 aromatic heterocycles. The van der Waals surface area contributed by atoms with E-state index in [9.17, 15) is 5.11 Å². The first-order valence-corrected chi connectivity index (χ1v) is 7.17. The van der Waals surface area contributed by atoms with Crippen molar-refractivity contribution in [2.24, 2.45) is 0 Å². The van der Waals surface area contributed by atoms with Crippen molar-refractivity contribution in [1.29, 1.82) is 0 Å². The molecule has 0 heterocycles. The predicted octanol–water partition coefficient (Wildman–Crippen LogP) is 2.62. The minimum absolute atomic E-state index is 0.173. The van der Waals surface area contributed by atoms with Crippen LogP contribution in [0.15, 0.2) is 0 Å². The average Bonchev–Trinajstić information content (AvgIpc) is 2.33. The highest BCUT2D eigenvalue weighted by Crippen LogP contribution is 2.12. The summed E-state index contributed by atoms with van der Waals surface area (Å²) < 4.78 is 0. The van der Waals surface area contributed by atoms with Crippen LogP contribution in [0.25, 0.3) is 0 Å². The van der Waals surface area contributed by atoms with Gasteiger partial charge in [-0.1, -0.05) is 45.4 Å². The zero-order valence-electron chi connectivity index (χ0n) is 11.3. The van der Waals surface area contributed by atoms with Gasteiger partial charge < -0.3 is 15.3 Å². The Kier molecular flexibility index (Phi) is 12.3. The first-order chi connectivity index (χ1) is 8.20. The molecule has 0 aromatic carbocycles. The average molecular weight is 246 g/mol. The number of unbranched alkanes of at least 4 members (excludes halogenated alkanes) is 5. The number of hydrogen-bond acceptors (Lipinski definition) is 3. The van der Waals surface area contributed by atoms with Gasteiger partial charge in [0.05, 0.1) is 18.8 Å². The summed E-state index contributed by atoms with van der Waals surface area (Å²) in [5.74, 6) is 0. The molecule has 0 aliphatic heterocycles. The van der Waals surface area contributed by atoms with Crippen molar-refractivity contribution in [2.75, 3.05) is 6.61 Å². The Morgan fingerprint density at radius 3 is 1.88 bits per heavy atom. The van der Waals surface area contributed by atoms with Gasteiger partial charge in [0, 0.05) is 0 Å². The summed E-state index contributed by atoms with van der Waals surface area (Å²) in [7, 11) is 0. The Morgan fingerprint density at radius 2 is 1.24 bits per heavy atom. The van der Waals surface area contributed by atoms with Gasteiger partial charge >= 0.3 is 0 Å². The van der Waals surface area contributed by atoms with Crippen LogP contribution >= 0.6 is 0 Å². The van der Waals surface area contributed by atoms with Crippen molar-refractivity contribution in [3.05, 3.63) is 0 Å². The van der Waals surface area contributed by atoms with E-state index in [1.807, 2.05) is 0 Å². The molecule has 2 unspecified atom stereocenters. The molecule has 0 aliphatic rings. The molecular weight excluding hydrogens is 216 g/mol. The molecule has 0 spiro atoms. The molecule has 0 rings (SSSR count). The monoisotopic (exact) mass is 246 g/mol. The quantitative estimate of drug-likeness (QED) is 0.464. The largest absolute Gasteiger partial charge is 0.394 e. The van der Waals surface area contributed by atoms with Gasteiger partial charge in [-0.25, -0.2) is 0 Å². The summed E-state index contributed by atoms with van der Waals surface area (Å²) in [5, 5.41) is 27.5. The second-order valence-corrected chi connectivity index (χ2v) is 4.98. The maximum Gasteiger partial charge on any atom is 0.0771 e. The number of aliphatic hydroxyl groups is 3. The van der Waals surface area contributed by atoms with Crippen LogP contribution in [0.5, 0.6) is 0 Å². The Balaban J connectivity index is 3.20. The molecule has 0 radical (unpaired) electrons. The van der Waals surface area contributed by atoms with Gasteiger partial charge in [-0.2, -0.15) is 0 Å². The first-order valence-electron chi connectivity index (χ1n) is 7.17. The van der Waals surface area contributed by atoms with Gasteiger partial charge in [0.1, 0.15) is 0 Å². The molecule has 104 valence electrons. The summed E-state index contributed by atoms with van der Waals surface area (Å²) in [6.07, 6.45) is 9.67. The molecule has 2 atom stereocenters. The van der Waals surface area contributed by atoms with Crippen LogP contribution in [0.3, 0.4) is 0 Å². The molecule has 0 saturated heterocycles. The zero-order valence-corrected chi connectivity index (χ0v) is 11.3. The fourth-order valence-electron chi connectivity index (χ4n) is 1.99. The maximum absolute atomic E-state index is 9.69. The Morgan fingerprint density at radius 1 is 0.706 bits per heavy atom. The van der Waals surface area contributed by atoms with E-state index in [2.05, 4.69) is 6.92 Å². The molecule has 0 saturated carbocycles. The highest BCUT2D eigenvalue weighted by atomic mass is 16.3. The molecule has 0 bridgehead atoms. The third-order valence-corrected chi connectivity index (χ3v) is 3.18. The molecule has 0 aromatic rings. The third kappa shape index (κ3) is 12.1. The van der Waals surface area contributed by atoms with E-state index in [-0.39, 0.29) is 12.7 Å². The summed E-state index contributed by atoms with van der Waals surface area (Å²) in [5.41, 5.74) is 0. The van der Waals surface area contributed by atoms with Crippen molar-refractivity contribution in [3.63, 3.8) is 0 Å². The van der Waals surface area contributed by atoms with Gasteiger partial charge in [0.15, 0.2) is 0 Å². The van der Waals surface area contributed by atoms with Crippen molar-refractivity contribution in [1.82, 2.24) is 0 Å². The van der Waals surface area contributed by atoms with Crippen molar-refractivity contribution in [3.8, 4) is 0 Å². The second-order valence-electron chi connectivity index (χ2n) is 4.98. The van der Waals surface area contributed by atoms with Crippen LogP contribution in [0, 0.1) is 0 Å². The van der Waals surface area contributed by atoms with Gasteiger partial charge in [0.25, 0.3) is 0 Å². The Bertz CT molecular complexity index is 150. The smallest absolute Gasteiger partial charge is 0.0771 e. The molecule has 0 aliphatic carbocycles. The predicted molar refractivity (Wildman–Crippen MR) is 70.9 cm³/mol. The number of rotatable bonds is 12. The lowest BCUT2D eigenvalue weighted by Crippen LogP contribution is -2.13. The van der Waals surface area contributed by atoms with Gasteiger partial charge in [-0.05, 0) is 25.7 Å². The normalized spacial score (nSPS) is 14.8. The van der Waals surface area contributed by atoms with Crippen LogP contribution in [-0.4, -0.2) is 34.1 Å². The van der Waals surface area contributed by atoms with E-state index in [1.54, 1.807) is 0 Å². The first kappa shape index (κ1) is 16.9. The van der Waals surface area contributed by atoms with E-state index in [4.69, 9.17) is 10.2 Å². The molecule has 3 N–H and O–H groups in total. The van der Waals surface area contributed by atoms with E-state index in [0.717, 1.165) is 25.7 Å². The standard InChI is InChI=1S/C14H30O3/c1-2-3-4-5-6-7-9-13(16)10-8-11-14(17)12-15/h13-17H,2-12H2,1H3. The van der Waals surface area contributed by atoms with Gasteiger partial charge in [0.2, 0.25) is 0 Å². The number of hydrogen-bond donors (Lipinski definition) is 3. The lowest BCUT2D eigenvalue weighted by Gasteiger charge is -2.11. The number of aliphatic hydroxyl groups excluding tert-OH is 3. The topological polar surface area (TPSA) is 60.7 Å². The molecule has 3 heteroatoms. The minimum atomic E-state index is -0.615. The van der Waals surface area contributed by atoms with Crippen molar-refractivity contribution < 1.29 is 15.3 Å². The lowest BCUT2D eigenvalue weighted by molar-refractivity contribution is 0.0790. The summed E-state index contributed by atoms with van der Waals surface area (Å²) >= 11 is 0. The highest BCUT2D eigenvalue weighted by molar-refractivity contribution is 4.60. The molecule has 0 fully saturated rings. The van der Waals surface area contributed by atoms with Crippen LogP contribution in [0.2, 0.25) is 0 Å². The van der Waals surface area contributed by atoms with Crippen molar-refractivity contribution in [2.45, 2.75) is 83.3 Å². The summed E-state index contributed by atoms with van der Waals surface area (Å²) in [6.45, 7) is 2.04. The van der Waals surface area contributed by atoms with Crippen LogP contribution in [-0.2, 0) is 0 Å². The maximum atomic E-state index is 9.69. The molecular formula is C14H30O3. The van der Waals surface area contributed by atoms with Crippen LogP contribution in [0.4, 0.5) is 0 Å². The Labute approximate surface area is 106 Å². The van der Waals surface area contributed by atoms with E-state index >= 15 is 0 Å². The van der Waals surface area contributed by atoms with Crippen LogP contribution < -0.4 is 0 Å². The third-order valence-electron chi connectivity index (χ3n) is 3.18. The summed E-state index contributed by atoms with van der Waals surface area (Å²) in [6, 6.07) is 0. The van der Waals surface area contributed by atoms with Gasteiger partial charge in [-0.15, -0.1) is 0 Å². The lowest BCUT2D eigenvalue weighted by atomic mass is 10.0. The fourth-order valence-corrected chi connectivity index (χ4v) is 1.99. The zero-order chi connectivity index (χ0) is 12.9. The molecule has 17 heavy (non-hydrogen) atoms. The Hall–Kier alpha value is -0.120. The SMILES string of the molecule is CCCCCCCCC(O)CCCC(O)CO. The van der Waals surface area contributed by atoms with E-state index in [1.165, 1.54) is 32.1 Å². The summed E-state index contributed by atoms with van der Waals surface area (Å²) in [4.78, 5) is 0. The van der Waals surface area contributed by atoms with E-state index < -0.39 is 6.10 Å². The highest BCUT2D eigenvalue weighted by Gasteiger charge is 2.06. The van der Waals surface area contributed by atoms with Gasteiger partial charge in [-0.3, -0.25) is 0 Å². The minimum Gasteiger partial charge on any atom is -0.394 e. The van der Waals surface area contributed by atoms with Crippen LogP contribution in [0.1, 0.15) is 71.1 Å². The second kappa shape index (κ2) is 12.3. The van der Waals surface area contributed by atoms with E-state index in [0.29, 0.717) is 6.42 Å². The fraction of sp³-hybridized carbons (Fsp3) is 1.00.